The molecule has 4 rings (SSSR count). The largest absolute Gasteiger partial charge is 0.360 e. The number of carbonyl (C=O) groups is 1. The Morgan fingerprint density at radius 2 is 2.04 bits per heavy atom. The van der Waals surface area contributed by atoms with Crippen LogP contribution in [0.5, 0.6) is 0 Å². The van der Waals surface area contributed by atoms with Crippen molar-refractivity contribution in [1.29, 1.82) is 0 Å². The quantitative estimate of drug-likeness (QED) is 0.702. The minimum atomic E-state index is -0.0493. The normalized spacial score (nSPS) is 15.7. The van der Waals surface area contributed by atoms with Crippen molar-refractivity contribution in [1.82, 2.24) is 15.0 Å². The number of fused-ring (bicyclic) bond motifs is 1. The van der Waals surface area contributed by atoms with Crippen LogP contribution in [0.4, 0.5) is 5.13 Å². The molecule has 0 N–H and O–H groups in total. The fourth-order valence-corrected chi connectivity index (χ4v) is 4.15. The number of nitrogens with zero attached hydrogens (tertiary/aromatic N) is 4. The van der Waals surface area contributed by atoms with Gasteiger partial charge in [-0.25, -0.2) is 4.98 Å². The van der Waals surface area contributed by atoms with Gasteiger partial charge in [-0.2, -0.15) is 0 Å². The first-order chi connectivity index (χ1) is 12.6. The zero-order valence-electron chi connectivity index (χ0n) is 15.0. The van der Waals surface area contributed by atoms with E-state index in [2.05, 4.69) is 16.1 Å². The lowest BCUT2D eigenvalue weighted by Gasteiger charge is -2.20. The maximum absolute atomic E-state index is 12.7. The van der Waals surface area contributed by atoms with Crippen molar-refractivity contribution in [2.24, 2.45) is 0 Å². The number of rotatable bonds is 3. The molecule has 1 fully saturated rings. The van der Waals surface area contributed by atoms with E-state index in [4.69, 9.17) is 9.51 Å². The Morgan fingerprint density at radius 3 is 2.81 bits per heavy atom. The highest BCUT2D eigenvalue weighted by Gasteiger charge is 2.24. The summed E-state index contributed by atoms with van der Waals surface area (Å²) in [7, 11) is 0. The summed E-state index contributed by atoms with van der Waals surface area (Å²) >= 11 is 1.71. The van der Waals surface area contributed by atoms with Gasteiger partial charge in [-0.3, -0.25) is 4.79 Å². The molecule has 1 amide bonds. The summed E-state index contributed by atoms with van der Waals surface area (Å²) in [5.74, 6) is 0.925. The average Bonchev–Trinajstić information content (AvgIpc) is 3.22. The van der Waals surface area contributed by atoms with Gasteiger partial charge in [-0.1, -0.05) is 42.5 Å². The summed E-state index contributed by atoms with van der Waals surface area (Å²) in [6, 6.07) is 9.96. The van der Waals surface area contributed by atoms with Crippen molar-refractivity contribution in [3.8, 4) is 0 Å². The van der Waals surface area contributed by atoms with Crippen LogP contribution in [-0.4, -0.2) is 47.1 Å². The van der Waals surface area contributed by atoms with Crippen molar-refractivity contribution in [3.05, 3.63) is 41.8 Å². The summed E-state index contributed by atoms with van der Waals surface area (Å²) in [5.41, 5.74) is 1.44. The van der Waals surface area contributed by atoms with Crippen LogP contribution in [0, 0.1) is 0 Å². The predicted octanol–water partition coefficient (Wildman–Crippen LogP) is 3.76. The van der Waals surface area contributed by atoms with Crippen LogP contribution in [0.1, 0.15) is 42.4 Å². The molecule has 136 valence electrons. The van der Waals surface area contributed by atoms with Gasteiger partial charge in [0.1, 0.15) is 5.76 Å². The number of benzene rings is 1. The number of hydrogen-bond acceptors (Lipinski definition) is 6. The highest BCUT2D eigenvalue weighted by molar-refractivity contribution is 7.22. The number of carbonyl (C=O) groups excluding carboxylic acids is 1. The van der Waals surface area contributed by atoms with Crippen LogP contribution in [0.3, 0.4) is 0 Å². The zero-order valence-corrected chi connectivity index (χ0v) is 15.8. The third kappa shape index (κ3) is 3.31. The lowest BCUT2D eigenvalue weighted by Crippen LogP contribution is -2.35. The number of anilines is 1. The number of hydrogen-bond donors (Lipinski definition) is 0. The summed E-state index contributed by atoms with van der Waals surface area (Å²) in [6.45, 7) is 7.12. The molecule has 1 aliphatic rings. The van der Waals surface area contributed by atoms with Crippen molar-refractivity contribution in [3.63, 3.8) is 0 Å². The Kier molecular flexibility index (Phi) is 4.63. The molecule has 0 spiro atoms. The van der Waals surface area contributed by atoms with E-state index >= 15 is 0 Å². The maximum Gasteiger partial charge on any atom is 0.276 e. The SMILES string of the molecule is CC(C)c1cc(C(=O)N2CCCN(c3nc4ccccc4s3)CC2)no1. The minimum Gasteiger partial charge on any atom is -0.360 e. The fourth-order valence-electron chi connectivity index (χ4n) is 3.13. The van der Waals surface area contributed by atoms with Crippen LogP contribution in [0.2, 0.25) is 0 Å². The van der Waals surface area contributed by atoms with E-state index in [1.807, 2.05) is 36.9 Å². The lowest BCUT2D eigenvalue weighted by molar-refractivity contribution is 0.0756. The lowest BCUT2D eigenvalue weighted by atomic mass is 10.1. The van der Waals surface area contributed by atoms with Crippen molar-refractivity contribution in [2.75, 3.05) is 31.1 Å². The molecule has 0 aliphatic carbocycles. The second-order valence-electron chi connectivity index (χ2n) is 6.87. The summed E-state index contributed by atoms with van der Waals surface area (Å²) in [5, 5.41) is 4.99. The second kappa shape index (κ2) is 7.07. The van der Waals surface area contributed by atoms with Crippen LogP contribution in [-0.2, 0) is 0 Å². The van der Waals surface area contributed by atoms with E-state index in [1.165, 1.54) is 4.70 Å². The molecule has 1 saturated heterocycles. The third-order valence-corrected chi connectivity index (χ3v) is 5.75. The van der Waals surface area contributed by atoms with Crippen molar-refractivity contribution < 1.29 is 9.32 Å². The van der Waals surface area contributed by atoms with Gasteiger partial charge >= 0.3 is 0 Å². The Balaban J connectivity index is 1.46. The van der Waals surface area contributed by atoms with E-state index in [9.17, 15) is 4.79 Å². The van der Waals surface area contributed by atoms with E-state index in [0.717, 1.165) is 42.5 Å². The molecule has 0 radical (unpaired) electrons. The maximum atomic E-state index is 12.7. The molecule has 1 aliphatic heterocycles. The van der Waals surface area contributed by atoms with E-state index in [1.54, 1.807) is 17.4 Å². The number of para-hydroxylation sites is 1. The Morgan fingerprint density at radius 1 is 1.19 bits per heavy atom. The highest BCUT2D eigenvalue weighted by Crippen LogP contribution is 2.29. The summed E-state index contributed by atoms with van der Waals surface area (Å²) in [6.07, 6.45) is 0.913. The molecule has 0 unspecified atom stereocenters. The standard InChI is InChI=1S/C19H22N4O2S/c1-13(2)16-12-15(21-25-16)18(24)22-8-5-9-23(11-10-22)19-20-14-6-3-4-7-17(14)26-19/h3-4,6-7,12-13H,5,8-11H2,1-2H3. The zero-order chi connectivity index (χ0) is 18.1. The van der Waals surface area contributed by atoms with Crippen molar-refractivity contribution in [2.45, 2.75) is 26.2 Å². The van der Waals surface area contributed by atoms with Gasteiger partial charge in [0, 0.05) is 38.2 Å². The van der Waals surface area contributed by atoms with Gasteiger partial charge < -0.3 is 14.3 Å². The number of amides is 1. The Bertz CT molecular complexity index is 884. The molecule has 3 aromatic rings. The van der Waals surface area contributed by atoms with Gasteiger partial charge in [-0.05, 0) is 18.6 Å². The van der Waals surface area contributed by atoms with Crippen LogP contribution in [0.25, 0.3) is 10.2 Å². The van der Waals surface area contributed by atoms with E-state index < -0.39 is 0 Å². The topological polar surface area (TPSA) is 62.5 Å². The van der Waals surface area contributed by atoms with Gasteiger partial charge in [-0.15, -0.1) is 0 Å². The molecule has 26 heavy (non-hydrogen) atoms. The van der Waals surface area contributed by atoms with Crippen LogP contribution < -0.4 is 4.90 Å². The van der Waals surface area contributed by atoms with E-state index in [-0.39, 0.29) is 11.8 Å². The minimum absolute atomic E-state index is 0.0493. The van der Waals surface area contributed by atoms with Gasteiger partial charge in [0.2, 0.25) is 0 Å². The fraction of sp³-hybridized carbons (Fsp3) is 0.421. The molecule has 1 aromatic carbocycles. The first-order valence-electron chi connectivity index (χ1n) is 8.98. The van der Waals surface area contributed by atoms with Gasteiger partial charge in [0.25, 0.3) is 5.91 Å². The molecular formula is C19H22N4O2S. The predicted molar refractivity (Wildman–Crippen MR) is 103 cm³/mol. The Labute approximate surface area is 156 Å². The molecular weight excluding hydrogens is 348 g/mol. The smallest absolute Gasteiger partial charge is 0.276 e. The molecule has 0 atom stereocenters. The third-order valence-electron chi connectivity index (χ3n) is 4.65. The van der Waals surface area contributed by atoms with Gasteiger partial charge in [0.05, 0.1) is 10.2 Å². The molecule has 2 aromatic heterocycles. The molecule has 0 bridgehead atoms. The molecule has 3 heterocycles. The molecule has 7 heteroatoms. The van der Waals surface area contributed by atoms with Gasteiger partial charge in [0.15, 0.2) is 10.8 Å². The number of thiazole rings is 1. The summed E-state index contributed by atoms with van der Waals surface area (Å²) in [4.78, 5) is 21.6. The first-order valence-corrected chi connectivity index (χ1v) is 9.80. The highest BCUT2D eigenvalue weighted by atomic mass is 32.1. The molecule has 6 nitrogen and oxygen atoms in total. The number of aromatic nitrogens is 2. The monoisotopic (exact) mass is 370 g/mol. The van der Waals surface area contributed by atoms with Crippen LogP contribution in [0.15, 0.2) is 34.9 Å². The second-order valence-corrected chi connectivity index (χ2v) is 7.88. The van der Waals surface area contributed by atoms with Crippen molar-refractivity contribution >= 4 is 32.6 Å². The van der Waals surface area contributed by atoms with E-state index in [0.29, 0.717) is 12.2 Å². The molecule has 0 saturated carbocycles. The first kappa shape index (κ1) is 17.0. The summed E-state index contributed by atoms with van der Waals surface area (Å²) < 4.78 is 6.47. The average molecular weight is 370 g/mol. The Hall–Kier alpha value is -2.41. The van der Waals surface area contributed by atoms with Crippen LogP contribution >= 0.6 is 11.3 Å².